The van der Waals surface area contributed by atoms with Crippen molar-refractivity contribution in [3.05, 3.63) is 89.4 Å². The molecule has 0 saturated carbocycles. The number of anilines is 1. The Morgan fingerprint density at radius 3 is 2.53 bits per heavy atom. The summed E-state index contributed by atoms with van der Waals surface area (Å²) in [6, 6.07) is 21.2. The Kier molecular flexibility index (Phi) is 5.63. The lowest BCUT2D eigenvalue weighted by atomic mass is 10.1. The number of benzene rings is 3. The van der Waals surface area contributed by atoms with Gasteiger partial charge in [-0.25, -0.2) is 0 Å². The molecule has 8 heteroatoms. The SMILES string of the molecule is COc1ccc(-n2nnnc2C(Nc2ccccc2C)c2cc3cccc(OC)c3o2)c(C)c1. The van der Waals surface area contributed by atoms with E-state index < -0.39 is 6.04 Å². The van der Waals surface area contributed by atoms with Gasteiger partial charge in [-0.1, -0.05) is 30.3 Å². The predicted octanol–water partition coefficient (Wildman–Crippen LogP) is 5.24. The lowest BCUT2D eigenvalue weighted by Gasteiger charge is -2.19. The topological polar surface area (TPSA) is 87.2 Å². The average Bonchev–Trinajstić information content (AvgIpc) is 3.50. The Hall–Kier alpha value is -4.33. The summed E-state index contributed by atoms with van der Waals surface area (Å²) in [4.78, 5) is 0. The van der Waals surface area contributed by atoms with Gasteiger partial charge in [-0.15, -0.1) is 5.10 Å². The van der Waals surface area contributed by atoms with E-state index in [1.807, 2.05) is 67.6 Å². The molecule has 172 valence electrons. The van der Waals surface area contributed by atoms with Gasteiger partial charge in [0.25, 0.3) is 0 Å². The minimum atomic E-state index is -0.463. The van der Waals surface area contributed by atoms with Crippen molar-refractivity contribution < 1.29 is 13.9 Å². The first-order valence-electron chi connectivity index (χ1n) is 10.9. The number of hydrogen-bond acceptors (Lipinski definition) is 7. The van der Waals surface area contributed by atoms with Crippen LogP contribution >= 0.6 is 0 Å². The number of rotatable bonds is 7. The summed E-state index contributed by atoms with van der Waals surface area (Å²) in [6.07, 6.45) is 0. The third kappa shape index (κ3) is 3.83. The summed E-state index contributed by atoms with van der Waals surface area (Å²) in [5.41, 5.74) is 4.57. The number of tetrazole rings is 1. The molecule has 1 atom stereocenters. The predicted molar refractivity (Wildman–Crippen MR) is 130 cm³/mol. The maximum absolute atomic E-state index is 6.33. The lowest BCUT2D eigenvalue weighted by molar-refractivity contribution is 0.406. The molecule has 1 unspecified atom stereocenters. The average molecular weight is 456 g/mol. The second kappa shape index (κ2) is 8.90. The normalized spacial score (nSPS) is 12.0. The van der Waals surface area contributed by atoms with E-state index in [0.717, 1.165) is 33.6 Å². The fraction of sp³-hybridized carbons (Fsp3) is 0.192. The maximum Gasteiger partial charge on any atom is 0.186 e. The molecule has 0 bridgehead atoms. The molecule has 0 amide bonds. The van der Waals surface area contributed by atoms with E-state index >= 15 is 0 Å². The standard InChI is InChI=1S/C26H25N5O3/c1-16-8-5-6-10-20(16)27-24(23-15-18-9-7-11-22(33-4)25(18)34-23)26-28-29-30-31(26)21-13-12-19(32-3)14-17(21)2/h5-15,24,27H,1-4H3. The van der Waals surface area contributed by atoms with Gasteiger partial charge in [0.15, 0.2) is 17.2 Å². The van der Waals surface area contributed by atoms with E-state index in [-0.39, 0.29) is 0 Å². The number of fused-ring (bicyclic) bond motifs is 1. The van der Waals surface area contributed by atoms with Crippen LogP contribution in [0, 0.1) is 13.8 Å². The van der Waals surface area contributed by atoms with E-state index in [4.69, 9.17) is 13.9 Å². The number of hydrogen-bond donors (Lipinski definition) is 1. The summed E-state index contributed by atoms with van der Waals surface area (Å²) in [6.45, 7) is 4.05. The van der Waals surface area contributed by atoms with Crippen LogP contribution in [0.5, 0.6) is 11.5 Å². The second-order valence-electron chi connectivity index (χ2n) is 8.02. The molecular weight excluding hydrogens is 430 g/mol. The molecule has 1 N–H and O–H groups in total. The summed E-state index contributed by atoms with van der Waals surface area (Å²) in [5, 5.41) is 17.3. The molecule has 2 heterocycles. The van der Waals surface area contributed by atoms with E-state index in [2.05, 4.69) is 33.8 Å². The molecule has 34 heavy (non-hydrogen) atoms. The van der Waals surface area contributed by atoms with E-state index in [1.165, 1.54) is 0 Å². The molecule has 5 rings (SSSR count). The van der Waals surface area contributed by atoms with Crippen LogP contribution in [0.1, 0.15) is 28.8 Å². The number of aromatic nitrogens is 4. The van der Waals surface area contributed by atoms with Crippen LogP contribution in [-0.4, -0.2) is 34.4 Å². The highest BCUT2D eigenvalue weighted by molar-refractivity contribution is 5.84. The number of para-hydroxylation sites is 2. The summed E-state index contributed by atoms with van der Waals surface area (Å²) in [7, 11) is 3.28. The van der Waals surface area contributed by atoms with Crippen LogP contribution < -0.4 is 14.8 Å². The number of nitrogens with one attached hydrogen (secondary N) is 1. The zero-order valence-corrected chi connectivity index (χ0v) is 19.4. The molecule has 0 aliphatic heterocycles. The molecule has 0 aliphatic carbocycles. The zero-order valence-electron chi connectivity index (χ0n) is 19.4. The van der Waals surface area contributed by atoms with Crippen molar-refractivity contribution in [1.82, 2.24) is 20.2 Å². The fourth-order valence-corrected chi connectivity index (χ4v) is 4.05. The molecule has 3 aromatic carbocycles. The Morgan fingerprint density at radius 2 is 1.76 bits per heavy atom. The first kappa shape index (κ1) is 21.5. The first-order valence-corrected chi connectivity index (χ1v) is 10.9. The fourth-order valence-electron chi connectivity index (χ4n) is 4.05. The third-order valence-corrected chi connectivity index (χ3v) is 5.86. The van der Waals surface area contributed by atoms with Gasteiger partial charge in [-0.05, 0) is 71.8 Å². The van der Waals surface area contributed by atoms with Gasteiger partial charge in [0.1, 0.15) is 17.6 Å². The maximum atomic E-state index is 6.33. The molecule has 2 aromatic heterocycles. The molecule has 0 aliphatic rings. The highest BCUT2D eigenvalue weighted by Crippen LogP contribution is 2.35. The third-order valence-electron chi connectivity index (χ3n) is 5.86. The molecule has 5 aromatic rings. The number of nitrogens with zero attached hydrogens (tertiary/aromatic N) is 4. The molecular formula is C26H25N5O3. The van der Waals surface area contributed by atoms with Gasteiger partial charge in [0.05, 0.1) is 19.9 Å². The van der Waals surface area contributed by atoms with Crippen molar-refractivity contribution in [1.29, 1.82) is 0 Å². The smallest absolute Gasteiger partial charge is 0.186 e. The van der Waals surface area contributed by atoms with E-state index in [0.29, 0.717) is 22.9 Å². The van der Waals surface area contributed by atoms with Crippen molar-refractivity contribution in [2.24, 2.45) is 0 Å². The zero-order chi connectivity index (χ0) is 23.7. The Labute approximate surface area is 197 Å². The largest absolute Gasteiger partial charge is 0.497 e. The summed E-state index contributed by atoms with van der Waals surface area (Å²) >= 11 is 0. The number of methoxy groups -OCH3 is 2. The van der Waals surface area contributed by atoms with Crippen LogP contribution in [-0.2, 0) is 0 Å². The Bertz CT molecular complexity index is 1460. The molecule has 0 saturated heterocycles. The number of aryl methyl sites for hydroxylation is 2. The Balaban J connectivity index is 1.66. The summed E-state index contributed by atoms with van der Waals surface area (Å²) < 4.78 is 18.9. The number of ether oxygens (including phenoxy) is 2. The summed E-state index contributed by atoms with van der Waals surface area (Å²) in [5.74, 6) is 2.71. The van der Waals surface area contributed by atoms with Gasteiger partial charge in [-0.2, -0.15) is 4.68 Å². The quantitative estimate of drug-likeness (QED) is 0.359. The van der Waals surface area contributed by atoms with Crippen molar-refractivity contribution in [3.8, 4) is 17.2 Å². The van der Waals surface area contributed by atoms with Crippen LogP contribution in [0.3, 0.4) is 0 Å². The molecule has 0 radical (unpaired) electrons. The minimum Gasteiger partial charge on any atom is -0.497 e. The van der Waals surface area contributed by atoms with Crippen LogP contribution in [0.2, 0.25) is 0 Å². The van der Waals surface area contributed by atoms with Gasteiger partial charge in [0.2, 0.25) is 0 Å². The first-order chi connectivity index (χ1) is 16.6. The van der Waals surface area contributed by atoms with Gasteiger partial charge in [-0.3, -0.25) is 0 Å². The van der Waals surface area contributed by atoms with Crippen LogP contribution in [0.25, 0.3) is 16.7 Å². The van der Waals surface area contributed by atoms with Gasteiger partial charge < -0.3 is 19.2 Å². The highest BCUT2D eigenvalue weighted by atomic mass is 16.5. The molecule has 8 nitrogen and oxygen atoms in total. The molecule has 0 spiro atoms. The minimum absolute atomic E-state index is 0.463. The Morgan fingerprint density at radius 1 is 0.912 bits per heavy atom. The monoisotopic (exact) mass is 455 g/mol. The van der Waals surface area contributed by atoms with Crippen molar-refractivity contribution in [2.75, 3.05) is 19.5 Å². The van der Waals surface area contributed by atoms with Crippen LogP contribution in [0.4, 0.5) is 5.69 Å². The van der Waals surface area contributed by atoms with E-state index in [1.54, 1.807) is 18.9 Å². The van der Waals surface area contributed by atoms with Gasteiger partial charge in [0, 0.05) is 11.1 Å². The number of furan rings is 1. The van der Waals surface area contributed by atoms with Crippen LogP contribution in [0.15, 0.2) is 71.1 Å². The van der Waals surface area contributed by atoms with Crippen molar-refractivity contribution in [2.45, 2.75) is 19.9 Å². The van der Waals surface area contributed by atoms with Crippen molar-refractivity contribution >= 4 is 16.7 Å². The van der Waals surface area contributed by atoms with Crippen molar-refractivity contribution in [3.63, 3.8) is 0 Å². The lowest BCUT2D eigenvalue weighted by Crippen LogP contribution is -2.18. The van der Waals surface area contributed by atoms with Gasteiger partial charge >= 0.3 is 0 Å². The second-order valence-corrected chi connectivity index (χ2v) is 8.02. The molecule has 0 fully saturated rings. The highest BCUT2D eigenvalue weighted by Gasteiger charge is 2.27. The van der Waals surface area contributed by atoms with E-state index in [9.17, 15) is 0 Å².